The van der Waals surface area contributed by atoms with E-state index in [0.29, 0.717) is 0 Å². The first kappa shape index (κ1) is 12.6. The van der Waals surface area contributed by atoms with Gasteiger partial charge in [-0.05, 0) is 18.6 Å². The number of hydrogen-bond donors (Lipinski definition) is 2. The van der Waals surface area contributed by atoms with Crippen molar-refractivity contribution in [1.29, 1.82) is 0 Å². The smallest absolute Gasteiger partial charge is 0.316 e. The molecule has 0 bridgehead atoms. The third-order valence-corrected chi connectivity index (χ3v) is 3.86. The molecule has 2 amide bonds. The lowest BCUT2D eigenvalue weighted by atomic mass is 9.98. The fraction of sp³-hybridized carbons (Fsp3) is 0.250. The van der Waals surface area contributed by atoms with E-state index in [4.69, 9.17) is 5.11 Å². The van der Waals surface area contributed by atoms with Crippen molar-refractivity contribution < 1.29 is 19.5 Å². The monoisotopic (exact) mass is 265 g/mol. The van der Waals surface area contributed by atoms with Crippen molar-refractivity contribution in [1.82, 2.24) is 5.32 Å². The lowest BCUT2D eigenvalue weighted by Gasteiger charge is -2.24. The number of piperidine rings is 1. The van der Waals surface area contributed by atoms with Crippen molar-refractivity contribution in [3.05, 3.63) is 30.3 Å². The molecule has 1 saturated heterocycles. The Morgan fingerprint density at radius 1 is 1.22 bits per heavy atom. The normalized spacial score (nSPS) is 23.6. The van der Waals surface area contributed by atoms with Crippen LogP contribution in [0.15, 0.2) is 35.2 Å². The van der Waals surface area contributed by atoms with Gasteiger partial charge in [0.05, 0.1) is 5.25 Å². The van der Waals surface area contributed by atoms with Gasteiger partial charge in [0.25, 0.3) is 0 Å². The molecule has 0 saturated carbocycles. The summed E-state index contributed by atoms with van der Waals surface area (Å²) in [5.74, 6) is -3.49. The Balaban J connectivity index is 2.10. The van der Waals surface area contributed by atoms with Gasteiger partial charge in [-0.15, -0.1) is 11.8 Å². The molecule has 0 aliphatic carbocycles. The summed E-state index contributed by atoms with van der Waals surface area (Å²) in [6.45, 7) is 0. The highest BCUT2D eigenvalue weighted by Crippen LogP contribution is 2.30. The quantitative estimate of drug-likeness (QED) is 0.626. The summed E-state index contributed by atoms with van der Waals surface area (Å²) in [6.07, 6.45) is 0.0273. The Morgan fingerprint density at radius 2 is 1.89 bits per heavy atom. The SMILES string of the molecule is O=C1NC(=O)C(C(=O)O)CC1Sc1ccccc1. The molecule has 2 unspecified atom stereocenters. The molecule has 2 atom stereocenters. The van der Waals surface area contributed by atoms with E-state index in [1.807, 2.05) is 30.3 Å². The molecule has 1 aliphatic heterocycles. The Bertz CT molecular complexity index is 488. The number of benzene rings is 1. The second-order valence-corrected chi connectivity index (χ2v) is 5.18. The van der Waals surface area contributed by atoms with Crippen LogP contribution in [0.5, 0.6) is 0 Å². The second kappa shape index (κ2) is 5.22. The maximum atomic E-state index is 11.6. The van der Waals surface area contributed by atoms with Crippen LogP contribution in [0.2, 0.25) is 0 Å². The number of carboxylic acids is 1. The van der Waals surface area contributed by atoms with E-state index in [1.54, 1.807) is 0 Å². The van der Waals surface area contributed by atoms with Gasteiger partial charge in [0, 0.05) is 4.90 Å². The van der Waals surface area contributed by atoms with Crippen LogP contribution in [-0.2, 0) is 14.4 Å². The molecule has 2 rings (SSSR count). The number of thioether (sulfide) groups is 1. The van der Waals surface area contributed by atoms with E-state index < -0.39 is 29.0 Å². The van der Waals surface area contributed by atoms with Crippen molar-refractivity contribution in [3.8, 4) is 0 Å². The summed E-state index contributed by atoms with van der Waals surface area (Å²) in [5.41, 5.74) is 0. The average Bonchev–Trinajstić information content (AvgIpc) is 2.33. The first-order valence-corrected chi connectivity index (χ1v) is 6.25. The first-order valence-electron chi connectivity index (χ1n) is 5.37. The van der Waals surface area contributed by atoms with Crippen molar-refractivity contribution in [3.63, 3.8) is 0 Å². The Morgan fingerprint density at radius 3 is 2.50 bits per heavy atom. The lowest BCUT2D eigenvalue weighted by molar-refractivity contribution is -0.149. The zero-order chi connectivity index (χ0) is 13.1. The number of carboxylic acid groups (broad SMARTS) is 1. The lowest BCUT2D eigenvalue weighted by Crippen LogP contribution is -2.50. The summed E-state index contributed by atoms with van der Waals surface area (Å²) in [6, 6.07) is 9.20. The van der Waals surface area contributed by atoms with Gasteiger partial charge in [-0.3, -0.25) is 19.7 Å². The van der Waals surface area contributed by atoms with Gasteiger partial charge in [0.1, 0.15) is 5.92 Å². The van der Waals surface area contributed by atoms with Crippen molar-refractivity contribution in [2.24, 2.45) is 5.92 Å². The minimum absolute atomic E-state index is 0.0273. The number of carbonyl (C=O) groups excluding carboxylic acids is 2. The maximum absolute atomic E-state index is 11.6. The molecule has 1 fully saturated rings. The van der Waals surface area contributed by atoms with Crippen LogP contribution >= 0.6 is 11.8 Å². The van der Waals surface area contributed by atoms with E-state index in [0.717, 1.165) is 4.90 Å². The number of carbonyl (C=O) groups is 3. The zero-order valence-corrected chi connectivity index (χ0v) is 10.1. The van der Waals surface area contributed by atoms with E-state index >= 15 is 0 Å². The molecule has 0 spiro atoms. The number of nitrogens with one attached hydrogen (secondary N) is 1. The molecule has 1 aromatic rings. The minimum atomic E-state index is -1.20. The molecular weight excluding hydrogens is 254 g/mol. The molecule has 1 heterocycles. The second-order valence-electron chi connectivity index (χ2n) is 3.90. The van der Waals surface area contributed by atoms with Gasteiger partial charge in [-0.1, -0.05) is 18.2 Å². The van der Waals surface area contributed by atoms with Crippen LogP contribution in [0.25, 0.3) is 0 Å². The number of amides is 2. The summed E-state index contributed by atoms with van der Waals surface area (Å²) in [4.78, 5) is 34.7. The average molecular weight is 265 g/mol. The number of hydrogen-bond acceptors (Lipinski definition) is 4. The van der Waals surface area contributed by atoms with Crippen LogP contribution < -0.4 is 5.32 Å². The maximum Gasteiger partial charge on any atom is 0.316 e. The third-order valence-electron chi connectivity index (χ3n) is 2.62. The van der Waals surface area contributed by atoms with Gasteiger partial charge >= 0.3 is 5.97 Å². The fourth-order valence-corrected chi connectivity index (χ4v) is 2.79. The molecular formula is C12H11NO4S. The Hall–Kier alpha value is -1.82. The number of aliphatic carboxylic acids is 1. The molecule has 2 N–H and O–H groups in total. The molecule has 0 aromatic heterocycles. The van der Waals surface area contributed by atoms with E-state index in [1.165, 1.54) is 11.8 Å². The summed E-state index contributed by atoms with van der Waals surface area (Å²) < 4.78 is 0. The van der Waals surface area contributed by atoms with Crippen molar-refractivity contribution in [2.75, 3.05) is 0 Å². The van der Waals surface area contributed by atoms with Gasteiger partial charge < -0.3 is 5.11 Å². The largest absolute Gasteiger partial charge is 0.481 e. The minimum Gasteiger partial charge on any atom is -0.481 e. The zero-order valence-electron chi connectivity index (χ0n) is 9.33. The van der Waals surface area contributed by atoms with Crippen LogP contribution in [0.1, 0.15) is 6.42 Å². The van der Waals surface area contributed by atoms with Crippen molar-refractivity contribution >= 4 is 29.5 Å². The molecule has 18 heavy (non-hydrogen) atoms. The van der Waals surface area contributed by atoms with Crippen LogP contribution in [0, 0.1) is 5.92 Å². The standard InChI is InChI=1S/C12H11NO4S/c14-10-8(12(16)17)6-9(11(15)13-10)18-7-4-2-1-3-5-7/h1-5,8-9H,6H2,(H,16,17)(H,13,14,15). The molecule has 1 aromatic carbocycles. The molecule has 5 nitrogen and oxygen atoms in total. The van der Waals surface area contributed by atoms with Crippen LogP contribution in [0.4, 0.5) is 0 Å². The van der Waals surface area contributed by atoms with Crippen LogP contribution in [0.3, 0.4) is 0 Å². The summed E-state index contributed by atoms with van der Waals surface area (Å²) in [7, 11) is 0. The Labute approximate surface area is 108 Å². The Kier molecular flexibility index (Phi) is 3.66. The topological polar surface area (TPSA) is 83.5 Å². The van der Waals surface area contributed by atoms with Gasteiger partial charge in [0.15, 0.2) is 0 Å². The highest BCUT2D eigenvalue weighted by molar-refractivity contribution is 8.00. The highest BCUT2D eigenvalue weighted by atomic mass is 32.2. The molecule has 1 aliphatic rings. The van der Waals surface area contributed by atoms with E-state index in [-0.39, 0.29) is 6.42 Å². The third kappa shape index (κ3) is 2.70. The fourth-order valence-electron chi connectivity index (χ4n) is 1.70. The molecule has 6 heteroatoms. The summed E-state index contributed by atoms with van der Waals surface area (Å²) >= 11 is 1.27. The number of imide groups is 1. The van der Waals surface area contributed by atoms with Crippen LogP contribution in [-0.4, -0.2) is 28.1 Å². The molecule has 0 radical (unpaired) electrons. The predicted octanol–water partition coefficient (Wildman–Crippen LogP) is 0.895. The van der Waals surface area contributed by atoms with E-state index in [9.17, 15) is 14.4 Å². The molecule has 94 valence electrons. The highest BCUT2D eigenvalue weighted by Gasteiger charge is 2.39. The summed E-state index contributed by atoms with van der Waals surface area (Å²) in [5, 5.41) is 10.4. The predicted molar refractivity (Wildman–Crippen MR) is 65.0 cm³/mol. The van der Waals surface area contributed by atoms with Gasteiger partial charge in [0.2, 0.25) is 11.8 Å². The van der Waals surface area contributed by atoms with Gasteiger partial charge in [-0.2, -0.15) is 0 Å². The van der Waals surface area contributed by atoms with Gasteiger partial charge in [-0.25, -0.2) is 0 Å². The number of rotatable bonds is 3. The first-order chi connectivity index (χ1) is 8.58. The van der Waals surface area contributed by atoms with Crippen molar-refractivity contribution in [2.45, 2.75) is 16.6 Å². The van der Waals surface area contributed by atoms with E-state index in [2.05, 4.69) is 5.32 Å².